The first-order valence-electron chi connectivity index (χ1n) is 10.7. The van der Waals surface area contributed by atoms with Crippen molar-refractivity contribution in [1.29, 1.82) is 0 Å². The predicted molar refractivity (Wildman–Crippen MR) is 187 cm³/mol. The molecule has 0 aromatic heterocycles. The Labute approximate surface area is 245 Å². The number of rotatable bonds is 4. The fraction of sp³-hybridized carbons (Fsp3) is 0.636. The van der Waals surface area contributed by atoms with Gasteiger partial charge in [-0.25, -0.2) is 0 Å². The van der Waals surface area contributed by atoms with Crippen LogP contribution in [0.25, 0.3) is 0 Å². The summed E-state index contributed by atoms with van der Waals surface area (Å²) < 4.78 is 6.78. The average Bonchev–Trinajstić information content (AvgIpc) is 2.54. The summed E-state index contributed by atoms with van der Waals surface area (Å²) in [6, 6.07) is 0. The van der Waals surface area contributed by atoms with Crippen LogP contribution in [0.1, 0.15) is 12.8 Å². The van der Waals surface area contributed by atoms with Gasteiger partial charge in [-0.1, -0.05) is 169 Å². The summed E-state index contributed by atoms with van der Waals surface area (Å²) in [7, 11) is -5.48. The van der Waals surface area contributed by atoms with Crippen molar-refractivity contribution in [3.8, 4) is 0 Å². The maximum Gasteiger partial charge on any atom is 0.0858 e. The van der Waals surface area contributed by atoms with Crippen LogP contribution >= 0.6 is 90.4 Å². The summed E-state index contributed by atoms with van der Waals surface area (Å²) in [5.41, 5.74) is 6.81. The molecule has 172 valence electrons. The number of hydrogen-bond acceptors (Lipinski definition) is 0. The number of allylic oxidation sites excluding steroid dienone is 4. The van der Waals surface area contributed by atoms with E-state index in [2.05, 4.69) is 169 Å². The molecule has 0 bridgehead atoms. The molecule has 0 heterocycles. The second kappa shape index (κ2) is 10.8. The molecule has 1 rings (SSSR count). The van der Waals surface area contributed by atoms with Crippen LogP contribution < -0.4 is 0 Å². The van der Waals surface area contributed by atoms with Gasteiger partial charge in [0, 0.05) is 0 Å². The molecule has 1 aliphatic carbocycles. The molecular formula is C22H40I4Si4. The summed E-state index contributed by atoms with van der Waals surface area (Å²) >= 11 is 10.9. The van der Waals surface area contributed by atoms with Crippen molar-refractivity contribution >= 4 is 123 Å². The van der Waals surface area contributed by atoms with E-state index in [-0.39, 0.29) is 0 Å². The Morgan fingerprint density at radius 2 is 0.533 bits per heavy atom. The van der Waals surface area contributed by atoms with Crippen molar-refractivity contribution in [2.75, 3.05) is 0 Å². The van der Waals surface area contributed by atoms with E-state index in [0.717, 1.165) is 12.8 Å². The van der Waals surface area contributed by atoms with Gasteiger partial charge in [0.15, 0.2) is 0 Å². The van der Waals surface area contributed by atoms with Gasteiger partial charge in [-0.3, -0.25) is 0 Å². The fourth-order valence-electron chi connectivity index (χ4n) is 3.43. The molecule has 8 heteroatoms. The van der Waals surface area contributed by atoms with Crippen LogP contribution in [0, 0.1) is 0 Å². The lowest BCUT2D eigenvalue weighted by atomic mass is 9.85. The summed E-state index contributed by atoms with van der Waals surface area (Å²) in [6.07, 6.45) is 2.31. The monoisotopic (exact) mass is 924 g/mol. The van der Waals surface area contributed by atoms with E-state index in [1.165, 1.54) is 0 Å². The quantitative estimate of drug-likeness (QED) is 0.195. The average molecular weight is 925 g/mol. The van der Waals surface area contributed by atoms with Crippen molar-refractivity contribution in [2.24, 2.45) is 0 Å². The molecule has 0 aromatic carbocycles. The summed E-state index contributed by atoms with van der Waals surface area (Å²) in [6.45, 7) is 30.2. The third kappa shape index (κ3) is 7.88. The first kappa shape index (κ1) is 30.8. The zero-order valence-electron chi connectivity index (χ0n) is 20.9. The zero-order chi connectivity index (χ0) is 24.0. The minimum Gasteiger partial charge on any atom is -0.0652 e. The van der Waals surface area contributed by atoms with E-state index in [0.29, 0.717) is 0 Å². The molecule has 0 aliphatic heterocycles. The van der Waals surface area contributed by atoms with E-state index in [9.17, 15) is 0 Å². The SMILES string of the molecule is C[Si](C)(C)/C(I)=C1\CC(=C(/I)[Si](C)(C)C)/C(=C(\I)[Si](C)(C)C)C\C1=C(\I)[Si](C)(C)C. The largest absolute Gasteiger partial charge is 0.0858 e. The third-order valence-corrected chi connectivity index (χ3v) is 33.6. The topological polar surface area (TPSA) is 0 Å². The first-order chi connectivity index (χ1) is 13.1. The van der Waals surface area contributed by atoms with Crippen LogP contribution in [0.2, 0.25) is 78.6 Å². The van der Waals surface area contributed by atoms with Crippen LogP contribution in [-0.2, 0) is 0 Å². The Morgan fingerprint density at radius 1 is 0.400 bits per heavy atom. The van der Waals surface area contributed by atoms with Gasteiger partial charge in [0.25, 0.3) is 0 Å². The minimum absolute atomic E-state index is 1.16. The second-order valence-electron chi connectivity index (χ2n) is 12.5. The Kier molecular flexibility index (Phi) is 11.1. The van der Waals surface area contributed by atoms with Crippen LogP contribution in [0.3, 0.4) is 0 Å². The highest BCUT2D eigenvalue weighted by Crippen LogP contribution is 2.50. The number of halogens is 4. The highest BCUT2D eigenvalue weighted by atomic mass is 127. The van der Waals surface area contributed by atoms with Gasteiger partial charge in [-0.15, -0.1) is 0 Å². The van der Waals surface area contributed by atoms with E-state index >= 15 is 0 Å². The summed E-state index contributed by atoms with van der Waals surface area (Å²) in [4.78, 5) is 0. The Hall–Kier alpha value is 2.75. The van der Waals surface area contributed by atoms with Crippen molar-refractivity contribution < 1.29 is 0 Å². The molecule has 0 aromatic rings. The van der Waals surface area contributed by atoms with E-state index in [4.69, 9.17) is 0 Å². The summed E-state index contributed by atoms with van der Waals surface area (Å²) in [5.74, 6) is 0. The van der Waals surface area contributed by atoms with E-state index < -0.39 is 32.3 Å². The molecule has 1 fully saturated rings. The molecule has 30 heavy (non-hydrogen) atoms. The summed E-state index contributed by atoms with van der Waals surface area (Å²) in [5, 5.41) is 0. The van der Waals surface area contributed by atoms with Gasteiger partial charge in [-0.05, 0) is 47.9 Å². The van der Waals surface area contributed by atoms with Crippen LogP contribution in [0.15, 0.2) is 35.1 Å². The zero-order valence-corrected chi connectivity index (χ0v) is 33.6. The van der Waals surface area contributed by atoms with Gasteiger partial charge < -0.3 is 0 Å². The van der Waals surface area contributed by atoms with Gasteiger partial charge in [0.1, 0.15) is 0 Å². The molecule has 1 aliphatic rings. The molecule has 0 atom stereocenters. The van der Waals surface area contributed by atoms with Crippen molar-refractivity contribution in [1.82, 2.24) is 0 Å². The van der Waals surface area contributed by atoms with E-state index in [1.54, 1.807) is 35.1 Å². The Morgan fingerprint density at radius 3 is 0.633 bits per heavy atom. The van der Waals surface area contributed by atoms with Crippen molar-refractivity contribution in [3.63, 3.8) is 0 Å². The fourth-order valence-corrected chi connectivity index (χ4v) is 10.1. The Balaban J connectivity index is 4.10. The van der Waals surface area contributed by atoms with E-state index in [1.807, 2.05) is 0 Å². The predicted octanol–water partition coefficient (Wildman–Crippen LogP) is 11.0. The highest BCUT2D eigenvalue weighted by molar-refractivity contribution is 14.1. The third-order valence-electron chi connectivity index (χ3n) is 5.13. The lowest BCUT2D eigenvalue weighted by molar-refractivity contribution is 0.973. The molecule has 0 radical (unpaired) electrons. The second-order valence-corrected chi connectivity index (χ2v) is 40.9. The molecule has 0 nitrogen and oxygen atoms in total. The van der Waals surface area contributed by atoms with Crippen LogP contribution in [0.5, 0.6) is 0 Å². The minimum atomic E-state index is -1.37. The molecule has 0 spiro atoms. The molecule has 1 saturated carbocycles. The highest BCUT2D eigenvalue weighted by Gasteiger charge is 2.36. The first-order valence-corrected chi connectivity index (χ1v) is 29.0. The maximum absolute atomic E-state index is 2.74. The van der Waals surface area contributed by atoms with Gasteiger partial charge in [0.2, 0.25) is 0 Å². The van der Waals surface area contributed by atoms with Crippen molar-refractivity contribution in [2.45, 2.75) is 91.4 Å². The molecule has 0 unspecified atom stereocenters. The van der Waals surface area contributed by atoms with Crippen LogP contribution in [0.4, 0.5) is 0 Å². The standard InChI is InChI=1S/C22H40I4Si4/c1-27(2,3)19(23)15-13-17(21(25)29(7,8)9)18(22(26)30(10,11)12)14-16(15)20(24)28(4,5)6/h13-14H2,1-12H3/b19-15+,20-16+,21-17+,22-18+. The van der Waals surface area contributed by atoms with Gasteiger partial charge in [-0.2, -0.15) is 0 Å². The molecule has 0 amide bonds. The Bertz CT molecular complexity index is 683. The maximum atomic E-state index is 2.74. The number of hydrogen-bond donors (Lipinski definition) is 0. The molecule has 0 N–H and O–H groups in total. The lowest BCUT2D eigenvalue weighted by Crippen LogP contribution is -2.30. The van der Waals surface area contributed by atoms with Gasteiger partial charge >= 0.3 is 0 Å². The lowest BCUT2D eigenvalue weighted by Gasteiger charge is -2.36. The normalized spacial score (nSPS) is 24.0. The molecule has 0 saturated heterocycles. The molecular weight excluding hydrogens is 884 g/mol. The van der Waals surface area contributed by atoms with Crippen LogP contribution in [-0.4, -0.2) is 32.3 Å². The smallest absolute Gasteiger partial charge is 0.0652 e. The van der Waals surface area contributed by atoms with Crippen molar-refractivity contribution in [3.05, 3.63) is 35.1 Å². The van der Waals surface area contributed by atoms with Gasteiger partial charge in [0.05, 0.1) is 32.3 Å².